The molecule has 2 aliphatic heterocycles. The molecule has 3 aliphatic carbocycles. The van der Waals surface area contributed by atoms with Crippen LogP contribution in [-0.2, 0) is 9.47 Å². The maximum absolute atomic E-state index is 6.31. The van der Waals surface area contributed by atoms with Crippen molar-refractivity contribution in [1.82, 2.24) is 0 Å². The fourth-order valence-corrected chi connectivity index (χ4v) is 6.85. The van der Waals surface area contributed by atoms with Crippen molar-refractivity contribution in [2.24, 2.45) is 23.7 Å². The Bertz CT molecular complexity index is 438. The van der Waals surface area contributed by atoms with Gasteiger partial charge in [-0.05, 0) is 42.1 Å². The van der Waals surface area contributed by atoms with Crippen molar-refractivity contribution < 1.29 is 9.47 Å². The minimum absolute atomic E-state index is 0.378. The third-order valence-corrected chi connectivity index (χ3v) is 7.81. The van der Waals surface area contributed by atoms with Gasteiger partial charge >= 0.3 is 0 Å². The molecule has 0 N–H and O–H groups in total. The Kier molecular flexibility index (Phi) is 2.28. The van der Waals surface area contributed by atoms with E-state index in [1.54, 1.807) is 0 Å². The predicted molar refractivity (Wildman–Crippen MR) is 75.1 cm³/mol. The second-order valence-corrected chi connectivity index (χ2v) is 8.21. The number of hydrogen-bond donors (Lipinski definition) is 0. The van der Waals surface area contributed by atoms with E-state index in [2.05, 4.69) is 37.9 Å². The van der Waals surface area contributed by atoms with Crippen LogP contribution in [0.25, 0.3) is 0 Å². The SMILES string of the molecule is BrC[C@H]1CC2=C[C@@H]3O[C@@H]4[C@@H](Br)[C@H]5C[C@@H]4[C@@H]3[C@H]5[C@@H]2O1. The first-order valence-electron chi connectivity index (χ1n) is 6.99. The molecule has 0 aromatic heterocycles. The maximum atomic E-state index is 6.31. The van der Waals surface area contributed by atoms with Crippen LogP contribution in [0, 0.1) is 23.7 Å². The van der Waals surface area contributed by atoms with Crippen molar-refractivity contribution in [1.29, 1.82) is 0 Å². The molecule has 5 aliphatic rings. The molecule has 2 saturated carbocycles. The topological polar surface area (TPSA) is 18.5 Å². The van der Waals surface area contributed by atoms with Crippen LogP contribution in [0.15, 0.2) is 11.6 Å². The van der Waals surface area contributed by atoms with E-state index in [-0.39, 0.29) is 0 Å². The highest BCUT2D eigenvalue weighted by Gasteiger charge is 2.68. The molecule has 9 atom stereocenters. The first kappa shape index (κ1) is 11.3. The maximum Gasteiger partial charge on any atom is 0.0826 e. The van der Waals surface area contributed by atoms with Crippen LogP contribution in [0.2, 0.25) is 0 Å². The highest BCUT2D eigenvalue weighted by molar-refractivity contribution is 9.09. The van der Waals surface area contributed by atoms with Gasteiger partial charge in [-0.3, -0.25) is 0 Å². The molecule has 5 rings (SSSR count). The van der Waals surface area contributed by atoms with Crippen LogP contribution in [0.3, 0.4) is 0 Å². The summed E-state index contributed by atoms with van der Waals surface area (Å²) in [7, 11) is 0. The van der Waals surface area contributed by atoms with Gasteiger partial charge in [-0.15, -0.1) is 0 Å². The van der Waals surface area contributed by atoms with E-state index in [9.17, 15) is 0 Å². The molecule has 0 unspecified atom stereocenters. The summed E-state index contributed by atoms with van der Waals surface area (Å²) >= 11 is 7.47. The van der Waals surface area contributed by atoms with Gasteiger partial charge in [0.25, 0.3) is 0 Å². The summed E-state index contributed by atoms with van der Waals surface area (Å²) in [4.78, 5) is 0.563. The highest BCUT2D eigenvalue weighted by atomic mass is 79.9. The molecule has 0 aromatic rings. The molecule has 0 spiro atoms. The van der Waals surface area contributed by atoms with Crippen molar-refractivity contribution in [2.75, 3.05) is 5.33 Å². The van der Waals surface area contributed by atoms with Gasteiger partial charge in [-0.1, -0.05) is 37.9 Å². The number of fused-ring (bicyclic) bond motifs is 4. The molecule has 0 radical (unpaired) electrons. The molecule has 2 bridgehead atoms. The Balaban J connectivity index is 1.59. The molecule has 4 heteroatoms. The van der Waals surface area contributed by atoms with Crippen LogP contribution in [0.4, 0.5) is 0 Å². The van der Waals surface area contributed by atoms with Crippen LogP contribution < -0.4 is 0 Å². The van der Waals surface area contributed by atoms with Gasteiger partial charge in [-0.2, -0.15) is 0 Å². The van der Waals surface area contributed by atoms with Crippen LogP contribution >= 0.6 is 31.9 Å². The van der Waals surface area contributed by atoms with E-state index >= 15 is 0 Å². The summed E-state index contributed by atoms with van der Waals surface area (Å²) in [6.07, 6.45) is 6.51. The summed E-state index contributed by atoms with van der Waals surface area (Å²) < 4.78 is 12.6. The molecule has 4 fully saturated rings. The Morgan fingerprint density at radius 2 is 2.11 bits per heavy atom. The van der Waals surface area contributed by atoms with Crippen molar-refractivity contribution >= 4 is 31.9 Å². The third-order valence-electron chi connectivity index (χ3n) is 5.88. The standard InChI is InChI=1S/C14H16Br2O2/c15-4-6-1-5-2-9-10-8-3-7(11(10)13(5)17-6)12(16)14(8)18-9/h2,6-14H,1,3-4H2/t6-,7+,8-,9+,10+,11+,12+,13-,14+/m1/s1. The summed E-state index contributed by atoms with van der Waals surface area (Å²) in [5.41, 5.74) is 1.53. The summed E-state index contributed by atoms with van der Waals surface area (Å²) in [5, 5.41) is 0.957. The van der Waals surface area contributed by atoms with E-state index in [1.165, 1.54) is 12.0 Å². The number of hydrogen-bond acceptors (Lipinski definition) is 2. The van der Waals surface area contributed by atoms with Crippen LogP contribution in [-0.4, -0.2) is 34.6 Å². The minimum Gasteiger partial charge on any atom is -0.369 e. The van der Waals surface area contributed by atoms with E-state index in [1.807, 2.05) is 0 Å². The van der Waals surface area contributed by atoms with Gasteiger partial charge in [-0.25, -0.2) is 0 Å². The van der Waals surface area contributed by atoms with Crippen molar-refractivity contribution in [2.45, 2.75) is 42.1 Å². The average Bonchev–Trinajstić information content (AvgIpc) is 3.05. The van der Waals surface area contributed by atoms with E-state index in [0.29, 0.717) is 35.2 Å². The quantitative estimate of drug-likeness (QED) is 0.518. The first-order chi connectivity index (χ1) is 8.78. The molecule has 2 heterocycles. The largest absolute Gasteiger partial charge is 0.369 e. The molecule has 2 nitrogen and oxygen atoms in total. The lowest BCUT2D eigenvalue weighted by Crippen LogP contribution is -2.43. The van der Waals surface area contributed by atoms with Crippen molar-refractivity contribution in [3.8, 4) is 0 Å². The normalized spacial score (nSPS) is 63.2. The number of rotatable bonds is 1. The van der Waals surface area contributed by atoms with Gasteiger partial charge in [0.15, 0.2) is 0 Å². The fraction of sp³-hybridized carbons (Fsp3) is 0.857. The van der Waals surface area contributed by atoms with Gasteiger partial charge < -0.3 is 9.47 Å². The number of halogens is 2. The number of ether oxygens (including phenoxy) is 2. The smallest absolute Gasteiger partial charge is 0.0826 e. The van der Waals surface area contributed by atoms with E-state index in [4.69, 9.17) is 9.47 Å². The summed E-state index contributed by atoms with van der Waals surface area (Å²) in [5.74, 6) is 3.03. The molecule has 0 aromatic carbocycles. The van der Waals surface area contributed by atoms with E-state index < -0.39 is 0 Å². The monoisotopic (exact) mass is 374 g/mol. The fourth-order valence-electron chi connectivity index (χ4n) is 5.39. The summed E-state index contributed by atoms with van der Waals surface area (Å²) in [6.45, 7) is 0. The first-order valence-corrected chi connectivity index (χ1v) is 9.03. The van der Waals surface area contributed by atoms with Gasteiger partial charge in [0, 0.05) is 10.2 Å². The lowest BCUT2D eigenvalue weighted by atomic mass is 9.69. The zero-order valence-corrected chi connectivity index (χ0v) is 13.1. The molecular weight excluding hydrogens is 360 g/mol. The lowest BCUT2D eigenvalue weighted by Gasteiger charge is -2.38. The van der Waals surface area contributed by atoms with E-state index in [0.717, 1.165) is 29.5 Å². The van der Waals surface area contributed by atoms with Gasteiger partial charge in [0.2, 0.25) is 0 Å². The third kappa shape index (κ3) is 1.18. The Morgan fingerprint density at radius 3 is 2.94 bits per heavy atom. The molecule has 18 heavy (non-hydrogen) atoms. The van der Waals surface area contributed by atoms with Crippen LogP contribution in [0.5, 0.6) is 0 Å². The average molecular weight is 376 g/mol. The Labute approximate surface area is 124 Å². The van der Waals surface area contributed by atoms with Crippen molar-refractivity contribution in [3.63, 3.8) is 0 Å². The zero-order chi connectivity index (χ0) is 12.0. The molecular formula is C14H16Br2O2. The van der Waals surface area contributed by atoms with Gasteiger partial charge in [0.05, 0.1) is 24.4 Å². The second-order valence-electron chi connectivity index (χ2n) is 6.51. The second kappa shape index (κ2) is 3.63. The minimum atomic E-state index is 0.378. The summed E-state index contributed by atoms with van der Waals surface area (Å²) in [6, 6.07) is 0. The molecule has 98 valence electrons. The molecule has 2 saturated heterocycles. The van der Waals surface area contributed by atoms with Gasteiger partial charge in [0.1, 0.15) is 0 Å². The number of alkyl halides is 2. The predicted octanol–water partition coefficient (Wildman–Crippen LogP) is 2.89. The molecule has 0 amide bonds. The van der Waals surface area contributed by atoms with Crippen molar-refractivity contribution in [3.05, 3.63) is 11.6 Å². The van der Waals surface area contributed by atoms with Crippen LogP contribution in [0.1, 0.15) is 12.8 Å². The highest BCUT2D eigenvalue weighted by Crippen LogP contribution is 2.65. The Morgan fingerprint density at radius 1 is 1.22 bits per heavy atom. The lowest BCUT2D eigenvalue weighted by molar-refractivity contribution is -0.00569. The Hall–Kier alpha value is 0.620. The zero-order valence-electron chi connectivity index (χ0n) is 9.97.